The number of hydrogen-bond acceptors (Lipinski definition) is 3. The molecule has 1 aliphatic carbocycles. The summed E-state index contributed by atoms with van der Waals surface area (Å²) in [6, 6.07) is 8.12. The number of hydrogen-bond donors (Lipinski definition) is 2. The van der Waals surface area contributed by atoms with Crippen molar-refractivity contribution in [3.8, 4) is 5.75 Å². The molecule has 1 fully saturated rings. The van der Waals surface area contributed by atoms with Crippen molar-refractivity contribution >= 4 is 0 Å². The third kappa shape index (κ3) is 3.20. The smallest absolute Gasteiger partial charge is 0.124 e. The summed E-state index contributed by atoms with van der Waals surface area (Å²) in [6.45, 7) is 2.77. The van der Waals surface area contributed by atoms with Gasteiger partial charge in [-0.1, -0.05) is 18.2 Å². The maximum absolute atomic E-state index is 10.1. The van der Waals surface area contributed by atoms with E-state index < -0.39 is 6.10 Å². The lowest BCUT2D eigenvalue weighted by molar-refractivity contribution is 0.165. The highest BCUT2D eigenvalue weighted by Crippen LogP contribution is 2.32. The van der Waals surface area contributed by atoms with Gasteiger partial charge >= 0.3 is 0 Å². The van der Waals surface area contributed by atoms with E-state index in [1.54, 1.807) is 7.11 Å². The molecule has 0 unspecified atom stereocenters. The predicted octanol–water partition coefficient (Wildman–Crippen LogP) is 2.12. The average Bonchev–Trinajstić information content (AvgIpc) is 3.19. The topological polar surface area (TPSA) is 41.5 Å². The van der Waals surface area contributed by atoms with Gasteiger partial charge < -0.3 is 15.2 Å². The predicted molar refractivity (Wildman–Crippen MR) is 68.1 cm³/mol. The first-order valence-electron chi connectivity index (χ1n) is 6.26. The number of nitrogens with one attached hydrogen (secondary N) is 1. The van der Waals surface area contributed by atoms with Gasteiger partial charge in [-0.15, -0.1) is 0 Å². The summed E-state index contributed by atoms with van der Waals surface area (Å²) >= 11 is 0. The first-order chi connectivity index (χ1) is 8.22. The standard InChI is InChI=1S/C14H21NO2/c1-10(11-7-8-11)15-9-13(16)12-5-3-4-6-14(12)17-2/h3-6,10-11,13,15-16H,7-9H2,1-2H3/t10-,13+/m0/s1. The van der Waals surface area contributed by atoms with Gasteiger partial charge in [-0.2, -0.15) is 0 Å². The molecular formula is C14H21NO2. The molecule has 2 rings (SSSR count). The molecule has 2 N–H and O–H groups in total. The minimum absolute atomic E-state index is 0.499. The second-order valence-corrected chi connectivity index (χ2v) is 4.79. The molecule has 0 aromatic heterocycles. The zero-order valence-corrected chi connectivity index (χ0v) is 10.5. The van der Waals surface area contributed by atoms with Crippen molar-refractivity contribution in [3.63, 3.8) is 0 Å². The van der Waals surface area contributed by atoms with Crippen LogP contribution in [-0.4, -0.2) is 24.8 Å². The monoisotopic (exact) mass is 235 g/mol. The summed E-state index contributed by atoms with van der Waals surface area (Å²) in [6.07, 6.45) is 2.13. The number of ether oxygens (including phenoxy) is 1. The largest absolute Gasteiger partial charge is 0.496 e. The maximum atomic E-state index is 10.1. The SMILES string of the molecule is COc1ccccc1[C@H](O)CN[C@@H](C)C1CC1. The molecule has 0 spiro atoms. The molecule has 2 atom stereocenters. The van der Waals surface area contributed by atoms with Crippen molar-refractivity contribution in [2.45, 2.75) is 31.9 Å². The minimum Gasteiger partial charge on any atom is -0.496 e. The Bertz CT molecular complexity index is 363. The number of rotatable bonds is 6. The van der Waals surface area contributed by atoms with Crippen LogP contribution >= 0.6 is 0 Å². The summed E-state index contributed by atoms with van der Waals surface area (Å²) in [5.74, 6) is 1.56. The van der Waals surface area contributed by atoms with E-state index >= 15 is 0 Å². The summed E-state index contributed by atoms with van der Waals surface area (Å²) in [4.78, 5) is 0. The molecule has 94 valence electrons. The highest BCUT2D eigenvalue weighted by molar-refractivity contribution is 5.35. The van der Waals surface area contributed by atoms with Crippen LogP contribution in [0, 0.1) is 5.92 Å². The Kier molecular flexibility index (Phi) is 4.02. The molecule has 0 heterocycles. The summed E-state index contributed by atoms with van der Waals surface area (Å²) in [7, 11) is 1.63. The number of aliphatic hydroxyl groups excluding tert-OH is 1. The van der Waals surface area contributed by atoms with Gasteiger partial charge in [-0.25, -0.2) is 0 Å². The molecule has 1 aliphatic rings. The lowest BCUT2D eigenvalue weighted by Gasteiger charge is -2.18. The lowest BCUT2D eigenvalue weighted by atomic mass is 10.1. The van der Waals surface area contributed by atoms with E-state index in [4.69, 9.17) is 4.74 Å². The zero-order valence-electron chi connectivity index (χ0n) is 10.5. The lowest BCUT2D eigenvalue weighted by Crippen LogP contribution is -2.32. The Morgan fingerprint density at radius 1 is 1.41 bits per heavy atom. The van der Waals surface area contributed by atoms with Crippen LogP contribution in [0.3, 0.4) is 0 Å². The van der Waals surface area contributed by atoms with E-state index in [0.717, 1.165) is 17.2 Å². The van der Waals surface area contributed by atoms with Crippen molar-refractivity contribution in [1.29, 1.82) is 0 Å². The van der Waals surface area contributed by atoms with Crippen LogP contribution in [0.4, 0.5) is 0 Å². The Labute approximate surface area is 103 Å². The fraction of sp³-hybridized carbons (Fsp3) is 0.571. The highest BCUT2D eigenvalue weighted by atomic mass is 16.5. The fourth-order valence-electron chi connectivity index (χ4n) is 2.11. The van der Waals surface area contributed by atoms with Crippen LogP contribution in [0.25, 0.3) is 0 Å². The van der Waals surface area contributed by atoms with Crippen LogP contribution in [0.5, 0.6) is 5.75 Å². The van der Waals surface area contributed by atoms with Crippen LogP contribution in [0.15, 0.2) is 24.3 Å². The summed E-state index contributed by atoms with van der Waals surface area (Å²) in [5.41, 5.74) is 0.852. The van der Waals surface area contributed by atoms with Crippen LogP contribution in [0.1, 0.15) is 31.4 Å². The molecule has 1 aromatic rings. The van der Waals surface area contributed by atoms with Gasteiger partial charge in [0.1, 0.15) is 5.75 Å². The number of aliphatic hydroxyl groups is 1. The van der Waals surface area contributed by atoms with E-state index in [-0.39, 0.29) is 0 Å². The van der Waals surface area contributed by atoms with Gasteiger partial charge in [0.05, 0.1) is 13.2 Å². The zero-order chi connectivity index (χ0) is 12.3. The third-order valence-electron chi connectivity index (χ3n) is 3.46. The Balaban J connectivity index is 1.91. The molecule has 0 saturated heterocycles. The van der Waals surface area contributed by atoms with E-state index in [1.807, 2.05) is 24.3 Å². The van der Waals surface area contributed by atoms with Crippen molar-refractivity contribution < 1.29 is 9.84 Å². The van der Waals surface area contributed by atoms with E-state index in [1.165, 1.54) is 12.8 Å². The second kappa shape index (κ2) is 5.52. The molecule has 0 aliphatic heterocycles. The number of benzene rings is 1. The van der Waals surface area contributed by atoms with E-state index in [2.05, 4.69) is 12.2 Å². The normalized spacial score (nSPS) is 18.8. The maximum Gasteiger partial charge on any atom is 0.124 e. The Morgan fingerprint density at radius 3 is 2.76 bits per heavy atom. The fourth-order valence-corrected chi connectivity index (χ4v) is 2.11. The molecule has 17 heavy (non-hydrogen) atoms. The molecule has 3 nitrogen and oxygen atoms in total. The van der Waals surface area contributed by atoms with Crippen LogP contribution < -0.4 is 10.1 Å². The van der Waals surface area contributed by atoms with Gasteiger partial charge in [0.2, 0.25) is 0 Å². The molecule has 1 aromatic carbocycles. The van der Waals surface area contributed by atoms with E-state index in [0.29, 0.717) is 12.6 Å². The minimum atomic E-state index is -0.507. The summed E-state index contributed by atoms with van der Waals surface area (Å²) < 4.78 is 5.25. The third-order valence-corrected chi connectivity index (χ3v) is 3.46. The van der Waals surface area contributed by atoms with Gasteiger partial charge in [0.25, 0.3) is 0 Å². The highest BCUT2D eigenvalue weighted by Gasteiger charge is 2.28. The van der Waals surface area contributed by atoms with Gasteiger partial charge in [0, 0.05) is 18.2 Å². The summed E-state index contributed by atoms with van der Waals surface area (Å²) in [5, 5.41) is 13.5. The van der Waals surface area contributed by atoms with Crippen LogP contribution in [0.2, 0.25) is 0 Å². The number of methoxy groups -OCH3 is 1. The van der Waals surface area contributed by atoms with Crippen LogP contribution in [-0.2, 0) is 0 Å². The quantitative estimate of drug-likeness (QED) is 0.793. The molecule has 0 bridgehead atoms. The molecule has 0 radical (unpaired) electrons. The van der Waals surface area contributed by atoms with Crippen molar-refractivity contribution in [1.82, 2.24) is 5.32 Å². The van der Waals surface area contributed by atoms with Crippen molar-refractivity contribution in [2.75, 3.05) is 13.7 Å². The van der Waals surface area contributed by atoms with Crippen molar-refractivity contribution in [3.05, 3.63) is 29.8 Å². The molecule has 0 amide bonds. The Morgan fingerprint density at radius 2 is 2.12 bits per heavy atom. The molecule has 3 heteroatoms. The Hall–Kier alpha value is -1.06. The first kappa shape index (κ1) is 12.4. The van der Waals surface area contributed by atoms with Gasteiger partial charge in [0.15, 0.2) is 0 Å². The molecular weight excluding hydrogens is 214 g/mol. The first-order valence-corrected chi connectivity index (χ1v) is 6.26. The average molecular weight is 235 g/mol. The molecule has 1 saturated carbocycles. The van der Waals surface area contributed by atoms with Crippen molar-refractivity contribution in [2.24, 2.45) is 5.92 Å². The van der Waals surface area contributed by atoms with Gasteiger partial charge in [-0.05, 0) is 31.7 Å². The number of para-hydroxylation sites is 1. The van der Waals surface area contributed by atoms with E-state index in [9.17, 15) is 5.11 Å². The van der Waals surface area contributed by atoms with Gasteiger partial charge in [-0.3, -0.25) is 0 Å². The second-order valence-electron chi connectivity index (χ2n) is 4.79.